The van der Waals surface area contributed by atoms with E-state index in [1.807, 2.05) is 0 Å². The number of benzene rings is 6. The molecule has 2 aliphatic carbocycles. The third kappa shape index (κ3) is 11.8. The summed E-state index contributed by atoms with van der Waals surface area (Å²) in [4.78, 5) is 0. The fourth-order valence-electron chi connectivity index (χ4n) is 6.91. The van der Waals surface area contributed by atoms with E-state index in [4.69, 9.17) is 0 Å². The fraction of sp³-hybridized carbons (Fsp3) is 0.0370. The molecular weight excluding hydrogens is 902 g/mol. The number of fused-ring (bicyclic) bond motifs is 2. The first kappa shape index (κ1) is 44.7. The van der Waals surface area contributed by atoms with Crippen LogP contribution in [0.15, 0.2) is 231 Å². The predicted octanol–water partition coefficient (Wildman–Crippen LogP) is 7.42. The Kier molecular flexibility index (Phi) is 17.9. The number of allylic oxidation sites excluding steroid dienone is 8. The monoisotopic (exact) mass is 940 g/mol. The molecule has 0 atom stereocenters. The molecule has 8 aromatic rings. The Balaban J connectivity index is 0.000000146. The van der Waals surface area contributed by atoms with Gasteiger partial charge >= 0.3 is 198 Å². The van der Waals surface area contributed by atoms with Crippen LogP contribution in [0.4, 0.5) is 0 Å². The summed E-state index contributed by atoms with van der Waals surface area (Å²) in [6.07, 6.45) is 15.3. The Labute approximate surface area is 385 Å². The summed E-state index contributed by atoms with van der Waals surface area (Å²) in [6.45, 7) is 0. The second-order valence-corrected chi connectivity index (χ2v) is 16.0. The number of hydrogen-bond donors (Lipinski definition) is 0. The molecule has 0 nitrogen and oxygen atoms in total. The molecule has 0 fully saturated rings. The van der Waals surface area contributed by atoms with Crippen LogP contribution in [-0.4, -0.2) is 6.41 Å². The molecule has 284 valence electrons. The Morgan fingerprint density at radius 3 is 0.948 bits per heavy atom. The van der Waals surface area contributed by atoms with Crippen molar-refractivity contribution in [1.82, 2.24) is 0 Å². The quantitative estimate of drug-likeness (QED) is 0.153. The maximum atomic E-state index is 2.23. The molecule has 0 N–H and O–H groups in total. The Hall–Kier alpha value is -4.41. The molecule has 0 heterocycles. The van der Waals surface area contributed by atoms with Crippen LogP contribution in [0.3, 0.4) is 0 Å². The summed E-state index contributed by atoms with van der Waals surface area (Å²) in [7, 11) is 0. The normalized spacial score (nSPS) is 11.9. The zero-order valence-corrected chi connectivity index (χ0v) is 38.5. The van der Waals surface area contributed by atoms with Crippen molar-refractivity contribution in [1.29, 1.82) is 0 Å². The van der Waals surface area contributed by atoms with Gasteiger partial charge in [-0.1, -0.05) is 71.8 Å². The first-order valence-electron chi connectivity index (χ1n) is 19.1. The molecule has 10 rings (SSSR count). The van der Waals surface area contributed by atoms with E-state index in [9.17, 15) is 0 Å². The van der Waals surface area contributed by atoms with Crippen molar-refractivity contribution in [3.05, 3.63) is 264 Å². The van der Waals surface area contributed by atoms with Gasteiger partial charge in [0.2, 0.25) is 0 Å². The number of halogens is 2. The van der Waals surface area contributed by atoms with Crippen molar-refractivity contribution in [3.8, 4) is 0 Å². The van der Waals surface area contributed by atoms with Gasteiger partial charge in [-0.15, -0.1) is 81.2 Å². The third-order valence-electron chi connectivity index (χ3n) is 9.85. The van der Waals surface area contributed by atoms with Crippen LogP contribution < -0.4 is 24.8 Å². The van der Waals surface area contributed by atoms with Crippen LogP contribution in [0.2, 0.25) is 0 Å². The SMILES string of the molecule is C1=CCC([c-]2ccc3ccccc32)=C1.C1=CCC([c-]2ccc3ccccc32)=C1.[Cl-].[Cl-].[Zr]=[C](c1ccccc1)c1ccccc1.[Zr]=[C](c1ccccc1)c1ccccc1. The van der Waals surface area contributed by atoms with Gasteiger partial charge in [-0.05, 0) is 12.8 Å². The van der Waals surface area contributed by atoms with E-state index in [2.05, 4.69) is 231 Å². The summed E-state index contributed by atoms with van der Waals surface area (Å²) in [5, 5.41) is 5.44. The minimum atomic E-state index is 0. The molecule has 8 aromatic carbocycles. The molecule has 0 aromatic heterocycles. The summed E-state index contributed by atoms with van der Waals surface area (Å²) in [6, 6.07) is 68.2. The fourth-order valence-corrected chi connectivity index (χ4v) is 8.55. The van der Waals surface area contributed by atoms with Gasteiger partial charge in [-0.25, -0.2) is 0 Å². The first-order valence-corrected chi connectivity index (χ1v) is 21.5. The molecule has 0 saturated heterocycles. The molecule has 0 radical (unpaired) electrons. The van der Waals surface area contributed by atoms with E-state index in [1.165, 1.54) is 121 Å². The Bertz CT molecular complexity index is 2370. The number of rotatable bonds is 6. The van der Waals surface area contributed by atoms with Crippen molar-refractivity contribution in [2.45, 2.75) is 12.8 Å². The van der Waals surface area contributed by atoms with Gasteiger partial charge < -0.3 is 24.8 Å². The van der Waals surface area contributed by atoms with Crippen LogP contribution in [0, 0.1) is 0 Å². The standard InChI is InChI=1S/2C14H11.2C13H10.2ClH.2Zr/c2*1-2-6-11(5-1)14-10-9-12-7-3-4-8-13(12)14;2*1-3-7-12(8-4-1)11-13-9-5-2-6-10-13;;;;/h2*1-5,7-10H,6H2;2*1-10H;2*1H;;/q2*-1;;;;;;/p-2. The molecule has 58 heavy (non-hydrogen) atoms. The van der Waals surface area contributed by atoms with Gasteiger partial charge in [0.25, 0.3) is 0 Å². The molecule has 4 heteroatoms. The molecule has 0 saturated carbocycles. The van der Waals surface area contributed by atoms with E-state index in [-0.39, 0.29) is 24.8 Å². The van der Waals surface area contributed by atoms with Crippen LogP contribution in [0.25, 0.3) is 32.7 Å². The van der Waals surface area contributed by atoms with E-state index < -0.39 is 0 Å². The molecule has 0 spiro atoms. The average Bonchev–Trinajstić information content (AvgIpc) is 4.13. The second kappa shape index (κ2) is 23.2. The average molecular weight is 944 g/mol. The topological polar surface area (TPSA) is 0 Å². The molecule has 2 aliphatic rings. The molecule has 0 bridgehead atoms. The van der Waals surface area contributed by atoms with Crippen LogP contribution in [0.1, 0.15) is 46.2 Å². The minimum absolute atomic E-state index is 0. The van der Waals surface area contributed by atoms with Gasteiger partial charge in [0.1, 0.15) is 0 Å². The Morgan fingerprint density at radius 2 is 0.655 bits per heavy atom. The van der Waals surface area contributed by atoms with E-state index in [0.29, 0.717) is 0 Å². The van der Waals surface area contributed by atoms with E-state index in [1.54, 1.807) is 0 Å². The van der Waals surface area contributed by atoms with Gasteiger partial charge in [0.15, 0.2) is 0 Å². The van der Waals surface area contributed by atoms with Crippen molar-refractivity contribution in [2.24, 2.45) is 0 Å². The summed E-state index contributed by atoms with van der Waals surface area (Å²) in [5.74, 6) is 0. The van der Waals surface area contributed by atoms with Crippen molar-refractivity contribution in [2.75, 3.05) is 0 Å². The van der Waals surface area contributed by atoms with Crippen molar-refractivity contribution < 1.29 is 73.3 Å². The van der Waals surface area contributed by atoms with Crippen LogP contribution >= 0.6 is 0 Å². The molecule has 0 aliphatic heterocycles. The van der Waals surface area contributed by atoms with Gasteiger partial charge in [-0.3, -0.25) is 0 Å². The van der Waals surface area contributed by atoms with Gasteiger partial charge in [0, 0.05) is 0 Å². The summed E-state index contributed by atoms with van der Waals surface area (Å²) in [5.41, 5.74) is 11.0. The van der Waals surface area contributed by atoms with E-state index >= 15 is 0 Å². The molecular formula is C54H42Cl2Zr2-4. The Morgan fingerprint density at radius 1 is 0.362 bits per heavy atom. The molecule has 0 unspecified atom stereocenters. The zero-order chi connectivity index (χ0) is 38.4. The predicted molar refractivity (Wildman–Crippen MR) is 235 cm³/mol. The van der Waals surface area contributed by atoms with Crippen LogP contribution in [0.5, 0.6) is 0 Å². The zero-order valence-electron chi connectivity index (χ0n) is 32.1. The molecule has 0 amide bonds. The van der Waals surface area contributed by atoms with Gasteiger partial charge in [0.05, 0.1) is 0 Å². The third-order valence-corrected chi connectivity index (χ3v) is 12.7. The summed E-state index contributed by atoms with van der Waals surface area (Å²) >= 11 is 2.92. The first-order chi connectivity index (χ1) is 27.7. The van der Waals surface area contributed by atoms with Crippen molar-refractivity contribution in [3.63, 3.8) is 0 Å². The maximum absolute atomic E-state index is 2.23. The van der Waals surface area contributed by atoms with Gasteiger partial charge in [-0.2, -0.15) is 0 Å². The summed E-state index contributed by atoms with van der Waals surface area (Å²) < 4.78 is 2.83. The number of hydrogen-bond acceptors (Lipinski definition) is 0. The van der Waals surface area contributed by atoms with Crippen molar-refractivity contribution >= 4 is 39.1 Å². The van der Waals surface area contributed by atoms with E-state index in [0.717, 1.165) is 12.8 Å². The van der Waals surface area contributed by atoms with Crippen LogP contribution in [-0.2, 0) is 48.5 Å². The second-order valence-electron chi connectivity index (χ2n) is 13.5.